The Labute approximate surface area is 119 Å². The van der Waals surface area contributed by atoms with E-state index in [0.29, 0.717) is 5.52 Å². The van der Waals surface area contributed by atoms with Crippen molar-refractivity contribution >= 4 is 16.6 Å². The number of aliphatic hydroxyl groups is 3. The lowest BCUT2D eigenvalue weighted by molar-refractivity contribution is -0.384. The number of non-ortho nitro benzene ring substituents is 1. The number of fused-ring (bicyclic) bond motifs is 1. The molecular weight excluding hydrogens is 280 g/mol. The molecule has 3 rings (SSSR count). The second-order valence-corrected chi connectivity index (χ2v) is 4.95. The van der Waals surface area contributed by atoms with Crippen LogP contribution in [-0.4, -0.2) is 49.7 Å². The zero-order valence-electron chi connectivity index (χ0n) is 10.9. The Balaban J connectivity index is 2.04. The lowest BCUT2D eigenvalue weighted by Gasteiger charge is -2.17. The maximum atomic E-state index is 10.9. The summed E-state index contributed by atoms with van der Waals surface area (Å²) >= 11 is 0. The van der Waals surface area contributed by atoms with Crippen LogP contribution in [0.25, 0.3) is 10.9 Å². The van der Waals surface area contributed by atoms with Gasteiger partial charge < -0.3 is 24.6 Å². The van der Waals surface area contributed by atoms with Crippen LogP contribution >= 0.6 is 0 Å². The van der Waals surface area contributed by atoms with Crippen LogP contribution < -0.4 is 0 Å². The van der Waals surface area contributed by atoms with Crippen LogP contribution in [0.2, 0.25) is 0 Å². The largest absolute Gasteiger partial charge is 0.394 e. The summed E-state index contributed by atoms with van der Waals surface area (Å²) in [5.41, 5.74) is 0.438. The highest BCUT2D eigenvalue weighted by atomic mass is 16.6. The molecule has 0 bridgehead atoms. The molecule has 0 aliphatic carbocycles. The molecule has 1 aliphatic rings. The second kappa shape index (κ2) is 5.08. The third-order valence-electron chi connectivity index (χ3n) is 3.71. The average molecular weight is 294 g/mol. The summed E-state index contributed by atoms with van der Waals surface area (Å²) in [5, 5.41) is 40.5. The Morgan fingerprint density at radius 3 is 2.67 bits per heavy atom. The maximum Gasteiger partial charge on any atom is 0.271 e. The molecular formula is C13H14N2O6. The minimum absolute atomic E-state index is 0.0748. The molecule has 1 saturated heterocycles. The van der Waals surface area contributed by atoms with Gasteiger partial charge in [0, 0.05) is 23.7 Å². The average Bonchev–Trinajstić information content (AvgIpc) is 3.01. The molecule has 0 unspecified atom stereocenters. The Kier molecular flexibility index (Phi) is 3.38. The summed E-state index contributed by atoms with van der Waals surface area (Å²) in [4.78, 5) is 10.4. The highest BCUT2D eigenvalue weighted by Crippen LogP contribution is 2.33. The first-order valence-corrected chi connectivity index (χ1v) is 6.40. The third-order valence-corrected chi connectivity index (χ3v) is 3.71. The SMILES string of the molecule is O=[N+]([O-])c1ccc2ccn([C@@H]3O[C@H](CO)[C@@H](O)[C@H]3O)c2c1. The van der Waals surface area contributed by atoms with E-state index >= 15 is 0 Å². The molecule has 21 heavy (non-hydrogen) atoms. The van der Waals surface area contributed by atoms with E-state index < -0.39 is 36.1 Å². The monoisotopic (exact) mass is 294 g/mol. The van der Waals surface area contributed by atoms with E-state index in [-0.39, 0.29) is 5.69 Å². The van der Waals surface area contributed by atoms with Crippen LogP contribution in [0.4, 0.5) is 5.69 Å². The van der Waals surface area contributed by atoms with Crippen LogP contribution in [0.3, 0.4) is 0 Å². The van der Waals surface area contributed by atoms with Crippen molar-refractivity contribution in [1.29, 1.82) is 0 Å². The number of nitro benzene ring substituents is 1. The Bertz CT molecular complexity index is 684. The summed E-state index contributed by atoms with van der Waals surface area (Å²) in [6.07, 6.45) is -2.61. The minimum Gasteiger partial charge on any atom is -0.394 e. The molecule has 3 N–H and O–H groups in total. The first kappa shape index (κ1) is 14.0. The summed E-state index contributed by atoms with van der Waals surface area (Å²) in [5.74, 6) is 0. The highest BCUT2D eigenvalue weighted by Gasteiger charge is 2.43. The van der Waals surface area contributed by atoms with Gasteiger partial charge in [0.05, 0.1) is 17.0 Å². The summed E-state index contributed by atoms with van der Waals surface area (Å²) in [7, 11) is 0. The van der Waals surface area contributed by atoms with Crippen LogP contribution in [0.1, 0.15) is 6.23 Å². The smallest absolute Gasteiger partial charge is 0.271 e. The van der Waals surface area contributed by atoms with Crippen LogP contribution in [0.15, 0.2) is 30.5 Å². The molecule has 0 spiro atoms. The highest BCUT2D eigenvalue weighted by molar-refractivity contribution is 5.82. The molecule has 8 heteroatoms. The van der Waals surface area contributed by atoms with Crippen molar-refractivity contribution in [1.82, 2.24) is 4.57 Å². The van der Waals surface area contributed by atoms with Crippen LogP contribution in [-0.2, 0) is 4.74 Å². The molecule has 2 heterocycles. The summed E-state index contributed by atoms with van der Waals surface area (Å²) in [6, 6.07) is 6.10. The zero-order valence-corrected chi connectivity index (χ0v) is 10.9. The number of nitrogens with zero attached hydrogens (tertiary/aromatic N) is 2. The Morgan fingerprint density at radius 1 is 1.29 bits per heavy atom. The van der Waals surface area contributed by atoms with E-state index in [4.69, 9.17) is 9.84 Å². The quantitative estimate of drug-likeness (QED) is 0.548. The number of aromatic nitrogens is 1. The molecule has 8 nitrogen and oxygen atoms in total. The van der Waals surface area contributed by atoms with Crippen LogP contribution in [0.5, 0.6) is 0 Å². The number of ether oxygens (including phenoxy) is 1. The molecule has 1 aromatic heterocycles. The van der Waals surface area contributed by atoms with E-state index in [1.165, 1.54) is 16.7 Å². The normalized spacial score (nSPS) is 29.1. The molecule has 0 amide bonds. The van der Waals surface area contributed by atoms with Gasteiger partial charge in [-0.1, -0.05) is 0 Å². The molecule has 0 radical (unpaired) electrons. The predicted octanol–water partition coefficient (Wildman–Crippen LogP) is 0.161. The van der Waals surface area contributed by atoms with Gasteiger partial charge in [-0.05, 0) is 12.1 Å². The number of rotatable bonds is 3. The molecule has 1 aliphatic heterocycles. The fraction of sp³-hybridized carbons (Fsp3) is 0.385. The topological polar surface area (TPSA) is 118 Å². The first-order valence-electron chi connectivity index (χ1n) is 6.40. The van der Waals surface area contributed by atoms with E-state index in [0.717, 1.165) is 5.39 Å². The minimum atomic E-state index is -1.22. The van der Waals surface area contributed by atoms with E-state index in [1.54, 1.807) is 18.3 Å². The van der Waals surface area contributed by atoms with E-state index in [2.05, 4.69) is 0 Å². The van der Waals surface area contributed by atoms with Crippen molar-refractivity contribution in [3.05, 3.63) is 40.6 Å². The molecule has 112 valence electrons. The zero-order chi connectivity index (χ0) is 15.1. The fourth-order valence-electron chi connectivity index (χ4n) is 2.58. The number of aliphatic hydroxyl groups excluding tert-OH is 3. The van der Waals surface area contributed by atoms with Gasteiger partial charge in [0.15, 0.2) is 6.23 Å². The number of hydrogen-bond donors (Lipinski definition) is 3. The standard InChI is InChI=1S/C13H14N2O6/c16-6-10-11(17)12(18)13(21-10)14-4-3-7-1-2-8(15(19)20)5-9(7)14/h1-5,10-13,16-18H,6H2/t10-,11-,12-,13-/m1/s1. The molecule has 1 fully saturated rings. The van der Waals surface area contributed by atoms with E-state index in [9.17, 15) is 20.3 Å². The van der Waals surface area contributed by atoms with Gasteiger partial charge in [0.2, 0.25) is 0 Å². The van der Waals surface area contributed by atoms with Crippen molar-refractivity contribution in [3.8, 4) is 0 Å². The maximum absolute atomic E-state index is 10.9. The van der Waals surface area contributed by atoms with E-state index in [1.807, 2.05) is 0 Å². The summed E-state index contributed by atoms with van der Waals surface area (Å²) in [6.45, 7) is -0.423. The van der Waals surface area contributed by atoms with Gasteiger partial charge in [-0.2, -0.15) is 0 Å². The number of hydrogen-bond acceptors (Lipinski definition) is 6. The summed E-state index contributed by atoms with van der Waals surface area (Å²) < 4.78 is 6.95. The first-order chi connectivity index (χ1) is 10.0. The molecule has 4 atom stereocenters. The number of nitro groups is 1. The van der Waals surface area contributed by atoms with Gasteiger partial charge >= 0.3 is 0 Å². The Morgan fingerprint density at radius 2 is 2.05 bits per heavy atom. The predicted molar refractivity (Wildman–Crippen MR) is 71.6 cm³/mol. The van der Waals surface area contributed by atoms with Crippen LogP contribution in [0, 0.1) is 10.1 Å². The van der Waals surface area contributed by atoms with Crippen molar-refractivity contribution in [2.45, 2.75) is 24.5 Å². The van der Waals surface area contributed by atoms with Gasteiger partial charge in [0.1, 0.15) is 18.3 Å². The molecule has 1 aromatic carbocycles. The fourth-order valence-corrected chi connectivity index (χ4v) is 2.58. The second-order valence-electron chi connectivity index (χ2n) is 4.95. The lowest BCUT2D eigenvalue weighted by atomic mass is 10.1. The van der Waals surface area contributed by atoms with Crippen molar-refractivity contribution in [3.63, 3.8) is 0 Å². The number of benzene rings is 1. The third kappa shape index (κ3) is 2.18. The van der Waals surface area contributed by atoms with Crippen molar-refractivity contribution < 1.29 is 25.0 Å². The van der Waals surface area contributed by atoms with Crippen molar-refractivity contribution in [2.24, 2.45) is 0 Å². The van der Waals surface area contributed by atoms with Gasteiger partial charge in [-0.3, -0.25) is 10.1 Å². The van der Waals surface area contributed by atoms with Gasteiger partial charge in [0.25, 0.3) is 5.69 Å². The lowest BCUT2D eigenvalue weighted by Crippen LogP contribution is -2.33. The Hall–Kier alpha value is -2.00. The van der Waals surface area contributed by atoms with Gasteiger partial charge in [-0.15, -0.1) is 0 Å². The molecule has 2 aromatic rings. The van der Waals surface area contributed by atoms with Gasteiger partial charge in [-0.25, -0.2) is 0 Å². The molecule has 0 saturated carbocycles. The van der Waals surface area contributed by atoms with Crippen molar-refractivity contribution in [2.75, 3.05) is 6.61 Å².